The number of anilines is 2. The van der Waals surface area contributed by atoms with E-state index in [0.29, 0.717) is 28.4 Å². The van der Waals surface area contributed by atoms with Crippen LogP contribution in [0.1, 0.15) is 27.4 Å². The van der Waals surface area contributed by atoms with Gasteiger partial charge in [-0.05, 0) is 73.2 Å². The van der Waals surface area contributed by atoms with E-state index in [4.69, 9.17) is 9.15 Å². The van der Waals surface area contributed by atoms with Crippen LogP contribution in [-0.4, -0.2) is 21.3 Å². The molecule has 0 radical (unpaired) electrons. The number of aromatic nitrogens is 2. The molecule has 3 heterocycles. The van der Waals surface area contributed by atoms with Gasteiger partial charge < -0.3 is 29.5 Å². The molecule has 0 atom stereocenters. The maximum absolute atomic E-state index is 12.8. The van der Waals surface area contributed by atoms with Gasteiger partial charge in [0, 0.05) is 29.3 Å². The highest BCUT2D eigenvalue weighted by Gasteiger charge is 2.09. The fourth-order valence-corrected chi connectivity index (χ4v) is 3.71. The normalized spacial score (nSPS) is 10.7. The van der Waals surface area contributed by atoms with Crippen LogP contribution in [0.3, 0.4) is 0 Å². The van der Waals surface area contributed by atoms with Crippen molar-refractivity contribution in [1.29, 1.82) is 0 Å². The molecule has 9 heteroatoms. The van der Waals surface area contributed by atoms with E-state index in [1.54, 1.807) is 66.9 Å². The third-order valence-electron chi connectivity index (χ3n) is 5.54. The Bertz CT molecular complexity index is 1520. The van der Waals surface area contributed by atoms with E-state index in [9.17, 15) is 9.59 Å². The van der Waals surface area contributed by atoms with Crippen LogP contribution in [0.15, 0.2) is 95.9 Å². The Hall–Kier alpha value is -5.05. The summed E-state index contributed by atoms with van der Waals surface area (Å²) >= 11 is 0. The van der Waals surface area contributed by atoms with Crippen LogP contribution < -0.4 is 20.7 Å². The first kappa shape index (κ1) is 23.7. The summed E-state index contributed by atoms with van der Waals surface area (Å²) in [6, 6.07) is 21.0. The maximum Gasteiger partial charge on any atom is 0.319 e. The van der Waals surface area contributed by atoms with Gasteiger partial charge in [-0.3, -0.25) is 4.79 Å². The number of urea groups is 1. The zero-order valence-electron chi connectivity index (χ0n) is 20.1. The fraction of sp³-hybridized carbons (Fsp3) is 0.107. The molecule has 0 saturated heterocycles. The van der Waals surface area contributed by atoms with Gasteiger partial charge in [-0.15, -0.1) is 0 Å². The summed E-state index contributed by atoms with van der Waals surface area (Å²) in [4.78, 5) is 29.4. The zero-order chi connectivity index (χ0) is 25.6. The lowest BCUT2D eigenvalue weighted by Gasteiger charge is -2.10. The molecular weight excluding hydrogens is 470 g/mol. The average Bonchev–Trinajstić information content (AvgIpc) is 3.57. The molecule has 9 nitrogen and oxygen atoms in total. The predicted molar refractivity (Wildman–Crippen MR) is 140 cm³/mol. The summed E-state index contributed by atoms with van der Waals surface area (Å²) in [5.74, 6) is 0.958. The predicted octanol–water partition coefficient (Wildman–Crippen LogP) is 5.39. The summed E-state index contributed by atoms with van der Waals surface area (Å²) in [7, 11) is 0. The number of imidazole rings is 1. The third kappa shape index (κ3) is 6.15. The van der Waals surface area contributed by atoms with Gasteiger partial charge in [0.05, 0.1) is 18.5 Å². The molecule has 5 rings (SSSR count). The van der Waals surface area contributed by atoms with Crippen LogP contribution in [0.2, 0.25) is 0 Å². The molecule has 0 saturated carbocycles. The number of nitrogens with one attached hydrogen (secondary N) is 3. The lowest BCUT2D eigenvalue weighted by molar-refractivity contribution is 0.102. The van der Waals surface area contributed by atoms with Gasteiger partial charge in [0.15, 0.2) is 0 Å². The first-order chi connectivity index (χ1) is 18.0. The van der Waals surface area contributed by atoms with E-state index >= 15 is 0 Å². The van der Waals surface area contributed by atoms with Crippen molar-refractivity contribution in [3.63, 3.8) is 0 Å². The molecule has 0 bridgehead atoms. The minimum Gasteiger partial charge on any atom is -0.487 e. The topological polar surface area (TPSA) is 110 Å². The minimum atomic E-state index is -0.358. The number of amides is 3. The number of pyridine rings is 1. The number of nitrogens with zero attached hydrogens (tertiary/aromatic N) is 2. The van der Waals surface area contributed by atoms with Gasteiger partial charge in [0.25, 0.3) is 5.91 Å². The Morgan fingerprint density at radius 1 is 0.946 bits per heavy atom. The van der Waals surface area contributed by atoms with Crippen molar-refractivity contribution in [3.8, 4) is 5.75 Å². The summed E-state index contributed by atoms with van der Waals surface area (Å²) in [5.41, 5.74) is 4.44. The molecule has 3 N–H and O–H groups in total. The van der Waals surface area contributed by atoms with Crippen LogP contribution in [0.25, 0.3) is 5.65 Å². The van der Waals surface area contributed by atoms with Crippen molar-refractivity contribution in [2.24, 2.45) is 0 Å². The number of carbonyl (C=O) groups excluding carboxylic acids is 2. The molecule has 0 aliphatic carbocycles. The number of carbonyl (C=O) groups is 2. The molecule has 5 aromatic rings. The van der Waals surface area contributed by atoms with Crippen LogP contribution in [0.5, 0.6) is 5.75 Å². The standard InChI is InChI=1S/C28H25N5O4/c1-19-7-12-26-30-23(17-33(26)16-19)18-37-24-5-2-4-20(14-24)27(34)31-21-8-10-22(11-9-21)32-28(35)29-15-25-6-3-13-36-25/h2-14,16-17H,15,18H2,1H3,(H,31,34)(H2,29,32,35). The van der Waals surface area contributed by atoms with E-state index < -0.39 is 0 Å². The molecule has 2 aromatic carbocycles. The van der Waals surface area contributed by atoms with Gasteiger partial charge in [-0.1, -0.05) is 12.1 Å². The van der Waals surface area contributed by atoms with Crippen molar-refractivity contribution in [2.75, 3.05) is 10.6 Å². The van der Waals surface area contributed by atoms with Crippen molar-refractivity contribution in [1.82, 2.24) is 14.7 Å². The lowest BCUT2D eigenvalue weighted by Crippen LogP contribution is -2.27. The van der Waals surface area contributed by atoms with E-state index in [1.165, 1.54) is 0 Å². The molecule has 37 heavy (non-hydrogen) atoms. The van der Waals surface area contributed by atoms with Gasteiger partial charge in [0.2, 0.25) is 0 Å². The smallest absolute Gasteiger partial charge is 0.319 e. The van der Waals surface area contributed by atoms with E-state index in [1.807, 2.05) is 35.9 Å². The summed E-state index contributed by atoms with van der Waals surface area (Å²) < 4.78 is 13.0. The Balaban J connectivity index is 1.14. The maximum atomic E-state index is 12.8. The third-order valence-corrected chi connectivity index (χ3v) is 5.54. The molecule has 0 fully saturated rings. The van der Waals surface area contributed by atoms with Gasteiger partial charge in [-0.2, -0.15) is 0 Å². The Kier molecular flexibility index (Phi) is 6.84. The van der Waals surface area contributed by atoms with Crippen LogP contribution in [0, 0.1) is 6.92 Å². The van der Waals surface area contributed by atoms with Crippen LogP contribution >= 0.6 is 0 Å². The first-order valence-corrected chi connectivity index (χ1v) is 11.7. The largest absolute Gasteiger partial charge is 0.487 e. The second kappa shape index (κ2) is 10.7. The molecular formula is C28H25N5O4. The highest BCUT2D eigenvalue weighted by Crippen LogP contribution is 2.19. The molecule has 3 aromatic heterocycles. The summed E-state index contributed by atoms with van der Waals surface area (Å²) in [6.45, 7) is 2.60. The average molecular weight is 496 g/mol. The number of furan rings is 1. The molecule has 0 spiro atoms. The molecule has 0 aliphatic heterocycles. The number of benzene rings is 2. The SMILES string of the molecule is Cc1ccc2nc(COc3cccc(C(=O)Nc4ccc(NC(=O)NCc5ccco5)cc4)c3)cn2c1. The second-order valence-electron chi connectivity index (χ2n) is 8.44. The Morgan fingerprint density at radius 3 is 2.54 bits per heavy atom. The first-order valence-electron chi connectivity index (χ1n) is 11.7. The Morgan fingerprint density at radius 2 is 1.76 bits per heavy atom. The van der Waals surface area contributed by atoms with Crippen molar-refractivity contribution in [2.45, 2.75) is 20.1 Å². The van der Waals surface area contributed by atoms with Crippen molar-refractivity contribution >= 4 is 29.0 Å². The number of hydrogen-bond donors (Lipinski definition) is 3. The van der Waals surface area contributed by atoms with E-state index in [0.717, 1.165) is 16.9 Å². The highest BCUT2D eigenvalue weighted by atomic mass is 16.5. The van der Waals surface area contributed by atoms with Gasteiger partial charge in [-0.25, -0.2) is 9.78 Å². The summed E-state index contributed by atoms with van der Waals surface area (Å²) in [5, 5.41) is 8.30. The van der Waals surface area contributed by atoms with Crippen molar-refractivity contribution in [3.05, 3.63) is 114 Å². The van der Waals surface area contributed by atoms with Crippen molar-refractivity contribution < 1.29 is 18.7 Å². The quantitative estimate of drug-likeness (QED) is 0.267. The number of hydrogen-bond acceptors (Lipinski definition) is 5. The number of ether oxygens (including phenoxy) is 1. The van der Waals surface area contributed by atoms with Crippen LogP contribution in [0.4, 0.5) is 16.2 Å². The minimum absolute atomic E-state index is 0.273. The van der Waals surface area contributed by atoms with Gasteiger partial charge in [0.1, 0.15) is 23.8 Å². The molecule has 3 amide bonds. The number of rotatable bonds is 8. The Labute approximate surface area is 213 Å². The number of aryl methyl sites for hydroxylation is 1. The molecule has 186 valence electrons. The zero-order valence-corrected chi connectivity index (χ0v) is 20.1. The monoisotopic (exact) mass is 495 g/mol. The molecule has 0 aliphatic rings. The number of fused-ring (bicyclic) bond motifs is 1. The highest BCUT2D eigenvalue weighted by molar-refractivity contribution is 6.04. The second-order valence-corrected chi connectivity index (χ2v) is 8.44. The van der Waals surface area contributed by atoms with E-state index in [2.05, 4.69) is 20.9 Å². The molecule has 0 unspecified atom stereocenters. The fourth-order valence-electron chi connectivity index (χ4n) is 3.71. The van der Waals surface area contributed by atoms with Crippen LogP contribution in [-0.2, 0) is 13.2 Å². The van der Waals surface area contributed by atoms with Gasteiger partial charge >= 0.3 is 6.03 Å². The summed E-state index contributed by atoms with van der Waals surface area (Å²) in [6.07, 6.45) is 5.49. The van der Waals surface area contributed by atoms with E-state index in [-0.39, 0.29) is 25.1 Å². The lowest BCUT2D eigenvalue weighted by atomic mass is 10.2.